The van der Waals surface area contributed by atoms with E-state index in [4.69, 9.17) is 18.9 Å². The number of nitrogens with one attached hydrogen (secondary N) is 2. The zero-order valence-electron chi connectivity index (χ0n) is 26.6. The standard InChI is InChI=1S/C32H36N6O9/c1-31(2,3)47-29(40)34-32(4,5)28(39)33-25(20-44-18-21-10-7-6-8-11-21)27-36-35-26-13-9-12-23(37(26)27)19-45-30(41)46-24-16-14-22(15-17-24)38(42)43/h6-17,25H,18-20H2,1-5H3,(H,33,39)(H,34,40)/t25-/m1/s1. The first-order chi connectivity index (χ1) is 22.2. The Bertz CT molecular complexity index is 1720. The molecule has 1 atom stereocenters. The first-order valence-electron chi connectivity index (χ1n) is 14.6. The molecule has 0 aliphatic carbocycles. The number of rotatable bonds is 12. The van der Waals surface area contributed by atoms with Gasteiger partial charge in [0, 0.05) is 12.1 Å². The van der Waals surface area contributed by atoms with Gasteiger partial charge in [0.2, 0.25) is 5.91 Å². The Labute approximate surface area is 270 Å². The molecule has 2 aromatic heterocycles. The average Bonchev–Trinajstić information content (AvgIpc) is 3.44. The van der Waals surface area contributed by atoms with E-state index in [1.165, 1.54) is 38.1 Å². The maximum atomic E-state index is 13.6. The predicted molar refractivity (Wildman–Crippen MR) is 167 cm³/mol. The smallest absolute Gasteiger partial charge is 0.444 e. The molecule has 0 unspecified atom stereocenters. The zero-order valence-corrected chi connectivity index (χ0v) is 26.6. The van der Waals surface area contributed by atoms with Gasteiger partial charge in [0.25, 0.3) is 5.69 Å². The number of nitro groups is 1. The molecule has 2 N–H and O–H groups in total. The fourth-order valence-electron chi connectivity index (χ4n) is 4.27. The fourth-order valence-corrected chi connectivity index (χ4v) is 4.27. The molecule has 0 saturated heterocycles. The lowest BCUT2D eigenvalue weighted by Gasteiger charge is -2.29. The molecule has 0 aliphatic rings. The lowest BCUT2D eigenvalue weighted by atomic mass is 10.0. The molecule has 0 spiro atoms. The van der Waals surface area contributed by atoms with E-state index >= 15 is 0 Å². The third-order valence-electron chi connectivity index (χ3n) is 6.52. The Morgan fingerprint density at radius 2 is 1.62 bits per heavy atom. The van der Waals surface area contributed by atoms with E-state index in [2.05, 4.69) is 20.8 Å². The van der Waals surface area contributed by atoms with Crippen LogP contribution >= 0.6 is 0 Å². The number of benzene rings is 2. The van der Waals surface area contributed by atoms with Crippen LogP contribution in [0.3, 0.4) is 0 Å². The zero-order chi connectivity index (χ0) is 34.2. The summed E-state index contributed by atoms with van der Waals surface area (Å²) in [5.41, 5.74) is -0.562. The molecule has 0 aliphatic heterocycles. The Morgan fingerprint density at radius 1 is 0.915 bits per heavy atom. The van der Waals surface area contributed by atoms with Crippen molar-refractivity contribution in [2.45, 2.75) is 65.0 Å². The SMILES string of the molecule is CC(C)(C)OC(=O)NC(C)(C)C(=O)N[C@H](COCc1ccccc1)c1nnc2cccc(COC(=O)Oc3ccc([N+](=O)[O-])cc3)n12. The van der Waals surface area contributed by atoms with Crippen LogP contribution < -0.4 is 15.4 Å². The largest absolute Gasteiger partial charge is 0.514 e. The van der Waals surface area contributed by atoms with Gasteiger partial charge in [-0.15, -0.1) is 10.2 Å². The van der Waals surface area contributed by atoms with Crippen molar-refractivity contribution in [3.8, 4) is 5.75 Å². The molecule has 0 radical (unpaired) electrons. The molecular formula is C32H36N6O9. The molecule has 2 heterocycles. The van der Waals surface area contributed by atoms with E-state index in [0.717, 1.165) is 5.56 Å². The molecule has 4 rings (SSSR count). The maximum absolute atomic E-state index is 13.6. The van der Waals surface area contributed by atoms with Gasteiger partial charge in [-0.2, -0.15) is 0 Å². The molecule has 0 saturated carbocycles. The normalized spacial score (nSPS) is 12.2. The number of pyridine rings is 1. The molecular weight excluding hydrogens is 612 g/mol. The second kappa shape index (κ2) is 14.7. The summed E-state index contributed by atoms with van der Waals surface area (Å²) in [6.45, 7) is 8.16. The van der Waals surface area contributed by atoms with Crippen LogP contribution in [0.25, 0.3) is 5.65 Å². The quantitative estimate of drug-likeness (QED) is 0.0908. The molecule has 0 bridgehead atoms. The number of hydrogen-bond donors (Lipinski definition) is 2. The summed E-state index contributed by atoms with van der Waals surface area (Å²) in [5.74, 6) is -0.212. The van der Waals surface area contributed by atoms with Crippen LogP contribution in [-0.4, -0.2) is 55.4 Å². The topological polar surface area (TPSA) is 186 Å². The first kappa shape index (κ1) is 34.3. The Hall–Kier alpha value is -5.57. The van der Waals surface area contributed by atoms with Crippen molar-refractivity contribution in [3.05, 3.63) is 100.0 Å². The van der Waals surface area contributed by atoms with Crippen molar-refractivity contribution in [1.29, 1.82) is 0 Å². The Kier molecular flexibility index (Phi) is 10.7. The molecule has 2 amide bonds. The number of hydrogen-bond acceptors (Lipinski definition) is 11. The van der Waals surface area contributed by atoms with Crippen LogP contribution in [0, 0.1) is 10.1 Å². The molecule has 15 nitrogen and oxygen atoms in total. The van der Waals surface area contributed by atoms with Gasteiger partial charge in [0.05, 0.1) is 23.8 Å². The number of non-ortho nitro benzene ring substituents is 1. The highest BCUT2D eigenvalue weighted by Gasteiger charge is 2.34. The maximum Gasteiger partial charge on any atom is 0.514 e. The summed E-state index contributed by atoms with van der Waals surface area (Å²) < 4.78 is 23.4. The molecule has 248 valence electrons. The number of nitrogens with zero attached hydrogens (tertiary/aromatic N) is 4. The van der Waals surface area contributed by atoms with E-state index in [1.54, 1.807) is 43.4 Å². The highest BCUT2D eigenvalue weighted by atomic mass is 16.7. The van der Waals surface area contributed by atoms with Gasteiger partial charge in [-0.25, -0.2) is 9.59 Å². The summed E-state index contributed by atoms with van der Waals surface area (Å²) in [4.78, 5) is 48.8. The van der Waals surface area contributed by atoms with Crippen LogP contribution in [-0.2, 0) is 32.2 Å². The number of ether oxygens (including phenoxy) is 4. The summed E-state index contributed by atoms with van der Waals surface area (Å²) in [6, 6.07) is 18.6. The van der Waals surface area contributed by atoms with Gasteiger partial charge >= 0.3 is 12.2 Å². The van der Waals surface area contributed by atoms with Crippen LogP contribution in [0.2, 0.25) is 0 Å². The Morgan fingerprint density at radius 3 is 2.28 bits per heavy atom. The lowest BCUT2D eigenvalue weighted by Crippen LogP contribution is -2.56. The highest BCUT2D eigenvalue weighted by molar-refractivity contribution is 5.89. The first-order valence-corrected chi connectivity index (χ1v) is 14.6. The van der Waals surface area contributed by atoms with Crippen molar-refractivity contribution in [2.75, 3.05) is 6.61 Å². The van der Waals surface area contributed by atoms with E-state index < -0.39 is 40.3 Å². The number of fused-ring (bicyclic) bond motifs is 1. The second-order valence-corrected chi connectivity index (χ2v) is 11.9. The molecule has 0 fully saturated rings. The third-order valence-corrected chi connectivity index (χ3v) is 6.52. The van der Waals surface area contributed by atoms with Crippen LogP contribution in [0.15, 0.2) is 72.8 Å². The molecule has 47 heavy (non-hydrogen) atoms. The number of amides is 2. The molecule has 2 aromatic carbocycles. The summed E-state index contributed by atoms with van der Waals surface area (Å²) >= 11 is 0. The number of carbonyl (C=O) groups is 3. The van der Waals surface area contributed by atoms with E-state index in [1.807, 2.05) is 30.3 Å². The van der Waals surface area contributed by atoms with Crippen LogP contribution in [0.5, 0.6) is 5.75 Å². The number of nitro benzene ring substituents is 1. The van der Waals surface area contributed by atoms with E-state index in [9.17, 15) is 24.5 Å². The van der Waals surface area contributed by atoms with Gasteiger partial charge in [0.1, 0.15) is 29.5 Å². The predicted octanol–water partition coefficient (Wildman–Crippen LogP) is 5.03. The van der Waals surface area contributed by atoms with Crippen molar-refractivity contribution >= 4 is 29.5 Å². The number of aromatic nitrogens is 3. The minimum absolute atomic E-state index is 0.0265. The van der Waals surface area contributed by atoms with Crippen LogP contribution in [0.4, 0.5) is 15.3 Å². The third kappa shape index (κ3) is 9.71. The summed E-state index contributed by atoms with van der Waals surface area (Å²) in [5, 5.41) is 24.9. The van der Waals surface area contributed by atoms with Crippen molar-refractivity contribution in [1.82, 2.24) is 25.2 Å². The van der Waals surface area contributed by atoms with Crippen LogP contribution in [0.1, 0.15) is 57.7 Å². The Balaban J connectivity index is 1.54. The monoisotopic (exact) mass is 648 g/mol. The summed E-state index contributed by atoms with van der Waals surface area (Å²) in [7, 11) is 0. The van der Waals surface area contributed by atoms with Crippen molar-refractivity contribution < 1.29 is 38.3 Å². The average molecular weight is 649 g/mol. The van der Waals surface area contributed by atoms with Crippen molar-refractivity contribution in [3.63, 3.8) is 0 Å². The van der Waals surface area contributed by atoms with Crippen molar-refractivity contribution in [2.24, 2.45) is 0 Å². The van der Waals surface area contributed by atoms with Gasteiger partial charge < -0.3 is 29.6 Å². The fraction of sp³-hybridized carbons (Fsp3) is 0.344. The lowest BCUT2D eigenvalue weighted by molar-refractivity contribution is -0.384. The van der Waals surface area contributed by atoms with Gasteiger partial charge in [0.15, 0.2) is 11.5 Å². The minimum Gasteiger partial charge on any atom is -0.444 e. The second-order valence-electron chi connectivity index (χ2n) is 11.9. The highest BCUT2D eigenvalue weighted by Crippen LogP contribution is 2.21. The van der Waals surface area contributed by atoms with E-state index in [0.29, 0.717) is 11.3 Å². The molecule has 4 aromatic rings. The van der Waals surface area contributed by atoms with Gasteiger partial charge in [-0.05, 0) is 64.4 Å². The molecule has 15 heteroatoms. The minimum atomic E-state index is -1.39. The van der Waals surface area contributed by atoms with Gasteiger partial charge in [-0.1, -0.05) is 36.4 Å². The van der Waals surface area contributed by atoms with E-state index in [-0.39, 0.29) is 37.1 Å². The van der Waals surface area contributed by atoms with Gasteiger partial charge in [-0.3, -0.25) is 19.3 Å². The summed E-state index contributed by atoms with van der Waals surface area (Å²) in [6.07, 6.45) is -1.81. The number of alkyl carbamates (subject to hydrolysis) is 1. The number of carbonyl (C=O) groups excluding carboxylic acids is 3.